The van der Waals surface area contributed by atoms with Gasteiger partial charge in [0.05, 0.1) is 10.6 Å². The van der Waals surface area contributed by atoms with E-state index in [-0.39, 0.29) is 10.8 Å². The van der Waals surface area contributed by atoms with E-state index in [1.54, 1.807) is 0 Å². The van der Waals surface area contributed by atoms with Gasteiger partial charge in [0.1, 0.15) is 6.04 Å². The first-order valence-corrected chi connectivity index (χ1v) is 11.2. The summed E-state index contributed by atoms with van der Waals surface area (Å²) in [7, 11) is -3.76. The Morgan fingerprint density at radius 3 is 2.48 bits per heavy atom. The molecule has 1 heterocycles. The number of carbonyl (C=O) groups excluding carboxylic acids is 1. The second kappa shape index (κ2) is 7.91. The van der Waals surface area contributed by atoms with Gasteiger partial charge in [0.25, 0.3) is 0 Å². The van der Waals surface area contributed by atoms with Gasteiger partial charge in [-0.2, -0.15) is 4.31 Å². The normalized spacial score (nSPS) is 17.9. The van der Waals surface area contributed by atoms with E-state index in [1.807, 2.05) is 26.0 Å². The lowest BCUT2D eigenvalue weighted by Crippen LogP contribution is -2.43. The van der Waals surface area contributed by atoms with Crippen molar-refractivity contribution in [3.05, 3.63) is 57.0 Å². The van der Waals surface area contributed by atoms with Crippen molar-refractivity contribution in [2.24, 2.45) is 0 Å². The van der Waals surface area contributed by atoms with Gasteiger partial charge in [0.15, 0.2) is 0 Å². The first-order valence-electron chi connectivity index (χ1n) is 8.55. The maximum atomic E-state index is 13.0. The number of nitrogens with one attached hydrogen (secondary N) is 1. The van der Waals surface area contributed by atoms with Crippen LogP contribution in [0.15, 0.2) is 45.8 Å². The summed E-state index contributed by atoms with van der Waals surface area (Å²) in [5.74, 6) is -0.325. The number of aryl methyl sites for hydroxylation is 2. The van der Waals surface area contributed by atoms with Gasteiger partial charge in [0.2, 0.25) is 15.9 Å². The number of anilines is 1. The summed E-state index contributed by atoms with van der Waals surface area (Å²) in [6.45, 7) is 4.27. The Morgan fingerprint density at radius 2 is 1.81 bits per heavy atom. The highest BCUT2D eigenvalue weighted by atomic mass is 79.9. The predicted octanol–water partition coefficient (Wildman–Crippen LogP) is 4.51. The summed E-state index contributed by atoms with van der Waals surface area (Å²) in [4.78, 5) is 13.0. The van der Waals surface area contributed by atoms with Gasteiger partial charge in [-0.1, -0.05) is 11.6 Å². The molecule has 144 valence electrons. The number of halogens is 2. The molecule has 27 heavy (non-hydrogen) atoms. The quantitative estimate of drug-likeness (QED) is 0.713. The number of carbonyl (C=O) groups is 1. The van der Waals surface area contributed by atoms with E-state index in [0.29, 0.717) is 30.1 Å². The molecule has 2 aromatic carbocycles. The smallest absolute Gasteiger partial charge is 0.243 e. The largest absolute Gasteiger partial charge is 0.324 e. The molecule has 0 radical (unpaired) electrons. The van der Waals surface area contributed by atoms with Crippen molar-refractivity contribution in [1.82, 2.24) is 4.31 Å². The Bertz CT molecular complexity index is 977. The van der Waals surface area contributed by atoms with E-state index in [2.05, 4.69) is 21.2 Å². The Kier molecular flexibility index (Phi) is 5.96. The number of nitrogens with zero attached hydrogens (tertiary/aromatic N) is 1. The molecule has 2 aromatic rings. The molecule has 1 aliphatic rings. The van der Waals surface area contributed by atoms with Crippen LogP contribution in [0.25, 0.3) is 0 Å². The van der Waals surface area contributed by atoms with Crippen LogP contribution < -0.4 is 5.32 Å². The fourth-order valence-electron chi connectivity index (χ4n) is 3.12. The van der Waals surface area contributed by atoms with E-state index >= 15 is 0 Å². The molecule has 1 fully saturated rings. The summed E-state index contributed by atoms with van der Waals surface area (Å²) >= 11 is 9.31. The molecular weight excluding hydrogens is 452 g/mol. The molecule has 0 saturated carbocycles. The molecule has 1 saturated heterocycles. The van der Waals surface area contributed by atoms with Crippen LogP contribution in [0.2, 0.25) is 5.02 Å². The molecule has 0 unspecified atom stereocenters. The first-order chi connectivity index (χ1) is 12.7. The summed E-state index contributed by atoms with van der Waals surface area (Å²) in [6, 6.07) is 9.07. The Hall–Kier alpha value is -1.41. The van der Waals surface area contributed by atoms with Crippen molar-refractivity contribution < 1.29 is 13.2 Å². The van der Waals surface area contributed by atoms with Gasteiger partial charge in [0, 0.05) is 16.0 Å². The maximum Gasteiger partial charge on any atom is 0.243 e. The Morgan fingerprint density at radius 1 is 1.19 bits per heavy atom. The van der Waals surface area contributed by atoms with E-state index in [1.165, 1.54) is 28.6 Å². The zero-order valence-electron chi connectivity index (χ0n) is 15.0. The van der Waals surface area contributed by atoms with Crippen molar-refractivity contribution in [3.63, 3.8) is 0 Å². The van der Waals surface area contributed by atoms with Crippen LogP contribution in [0.4, 0.5) is 5.69 Å². The van der Waals surface area contributed by atoms with Crippen molar-refractivity contribution in [2.75, 3.05) is 11.9 Å². The average molecular weight is 472 g/mol. The lowest BCUT2D eigenvalue weighted by Gasteiger charge is -2.24. The predicted molar refractivity (Wildman–Crippen MR) is 111 cm³/mol. The number of hydrogen-bond donors (Lipinski definition) is 1. The number of benzene rings is 2. The van der Waals surface area contributed by atoms with E-state index in [0.717, 1.165) is 15.6 Å². The third kappa shape index (κ3) is 4.21. The molecule has 3 rings (SSSR count). The number of sulfonamides is 1. The van der Waals surface area contributed by atoms with Crippen LogP contribution in [0, 0.1) is 13.8 Å². The van der Waals surface area contributed by atoms with Crippen molar-refractivity contribution in [2.45, 2.75) is 37.6 Å². The van der Waals surface area contributed by atoms with Crippen molar-refractivity contribution >= 4 is 49.1 Å². The second-order valence-corrected chi connectivity index (χ2v) is 9.81. The van der Waals surface area contributed by atoms with Gasteiger partial charge in [-0.15, -0.1) is 0 Å². The molecule has 1 amide bonds. The lowest BCUT2D eigenvalue weighted by atomic mass is 10.1. The van der Waals surface area contributed by atoms with E-state index < -0.39 is 16.1 Å². The van der Waals surface area contributed by atoms with Gasteiger partial charge in [-0.3, -0.25) is 4.79 Å². The minimum absolute atomic E-state index is 0.138. The van der Waals surface area contributed by atoms with Gasteiger partial charge in [-0.05, 0) is 90.1 Å². The first kappa shape index (κ1) is 20.3. The minimum Gasteiger partial charge on any atom is -0.324 e. The zero-order chi connectivity index (χ0) is 19.8. The lowest BCUT2D eigenvalue weighted by molar-refractivity contribution is -0.119. The fourth-order valence-corrected chi connectivity index (χ4v) is 5.46. The molecular formula is C19H20BrClN2O3S. The molecule has 1 aliphatic heterocycles. The third-order valence-electron chi connectivity index (χ3n) is 4.77. The highest BCUT2D eigenvalue weighted by molar-refractivity contribution is 9.10. The molecule has 0 aromatic heterocycles. The summed E-state index contributed by atoms with van der Waals surface area (Å²) in [6.07, 6.45) is 1.13. The van der Waals surface area contributed by atoms with Crippen LogP contribution in [0.3, 0.4) is 0 Å². The zero-order valence-corrected chi connectivity index (χ0v) is 18.2. The molecule has 8 heteroatoms. The summed E-state index contributed by atoms with van der Waals surface area (Å²) < 4.78 is 28.0. The van der Waals surface area contributed by atoms with E-state index in [9.17, 15) is 13.2 Å². The SMILES string of the molecule is Cc1cc(Br)c(NC(=O)[C@@H]2CCCN2S(=O)(=O)c2ccc(Cl)cc2)cc1C. The monoisotopic (exact) mass is 470 g/mol. The number of hydrogen-bond acceptors (Lipinski definition) is 3. The standard InChI is InChI=1S/C19H20BrClN2O3S/c1-12-10-16(20)17(11-13(12)2)22-19(24)18-4-3-9-23(18)27(25,26)15-7-5-14(21)6-8-15/h5-8,10-11,18H,3-4,9H2,1-2H3,(H,22,24)/t18-/m0/s1. The second-order valence-electron chi connectivity index (χ2n) is 6.63. The van der Waals surface area contributed by atoms with Gasteiger partial charge < -0.3 is 5.32 Å². The molecule has 1 atom stereocenters. The van der Waals surface area contributed by atoms with Crippen molar-refractivity contribution in [1.29, 1.82) is 0 Å². The van der Waals surface area contributed by atoms with Gasteiger partial charge in [-0.25, -0.2) is 8.42 Å². The van der Waals surface area contributed by atoms with Crippen LogP contribution in [-0.4, -0.2) is 31.2 Å². The number of rotatable bonds is 4. The number of amides is 1. The molecule has 0 bridgehead atoms. The topological polar surface area (TPSA) is 66.5 Å². The highest BCUT2D eigenvalue weighted by Crippen LogP contribution is 2.30. The Labute approximate surface area is 172 Å². The van der Waals surface area contributed by atoms with Crippen LogP contribution >= 0.6 is 27.5 Å². The molecule has 1 N–H and O–H groups in total. The van der Waals surface area contributed by atoms with E-state index in [4.69, 9.17) is 11.6 Å². The average Bonchev–Trinajstić information content (AvgIpc) is 3.11. The molecule has 0 spiro atoms. The minimum atomic E-state index is -3.76. The van der Waals surface area contributed by atoms with Crippen LogP contribution in [-0.2, 0) is 14.8 Å². The van der Waals surface area contributed by atoms with Crippen molar-refractivity contribution in [3.8, 4) is 0 Å². The Balaban J connectivity index is 1.84. The summed E-state index contributed by atoms with van der Waals surface area (Å²) in [5, 5.41) is 3.33. The maximum absolute atomic E-state index is 13.0. The van der Waals surface area contributed by atoms with Crippen LogP contribution in [0.5, 0.6) is 0 Å². The van der Waals surface area contributed by atoms with Crippen LogP contribution in [0.1, 0.15) is 24.0 Å². The van der Waals surface area contributed by atoms with Gasteiger partial charge >= 0.3 is 0 Å². The molecule has 0 aliphatic carbocycles. The third-order valence-corrected chi connectivity index (χ3v) is 7.60. The summed E-state index contributed by atoms with van der Waals surface area (Å²) in [5.41, 5.74) is 2.79. The highest BCUT2D eigenvalue weighted by Gasteiger charge is 2.39. The molecule has 5 nitrogen and oxygen atoms in total. The fraction of sp³-hybridized carbons (Fsp3) is 0.316.